The first-order valence-electron chi connectivity index (χ1n) is 16.1. The number of ether oxygens (including phenoxy) is 1. The average molecular weight is 677 g/mol. The van der Waals surface area contributed by atoms with Crippen molar-refractivity contribution in [1.29, 1.82) is 0 Å². The summed E-state index contributed by atoms with van der Waals surface area (Å²) in [7, 11) is -3.47. The predicted molar refractivity (Wildman–Crippen MR) is 181 cm³/mol. The Morgan fingerprint density at radius 2 is 1.87 bits per heavy atom. The number of hydrogen-bond donors (Lipinski definition) is 2. The summed E-state index contributed by atoms with van der Waals surface area (Å²) in [6.45, 7) is 5.70. The van der Waals surface area contributed by atoms with Crippen LogP contribution in [0.4, 0.5) is 9.80 Å². The normalized spacial score (nSPS) is 25.8. The van der Waals surface area contributed by atoms with Crippen LogP contribution >= 0.6 is 11.6 Å². The van der Waals surface area contributed by atoms with Crippen LogP contribution in [-0.4, -0.2) is 65.3 Å². The van der Waals surface area contributed by atoms with Gasteiger partial charge in [-0.25, -0.2) is 4.68 Å². The molecule has 2 N–H and O–H groups in total. The van der Waals surface area contributed by atoms with E-state index in [4.69, 9.17) is 16.3 Å². The quantitative estimate of drug-likeness (QED) is 0.194. The van der Waals surface area contributed by atoms with Crippen molar-refractivity contribution in [2.75, 3.05) is 18.1 Å². The zero-order valence-corrected chi connectivity index (χ0v) is 28.3. The molecule has 4 heterocycles. The third kappa shape index (κ3) is 5.15. The van der Waals surface area contributed by atoms with Crippen molar-refractivity contribution in [3.63, 3.8) is 0 Å². The van der Waals surface area contributed by atoms with Crippen LogP contribution in [0.1, 0.15) is 37.3 Å². The molecule has 3 aliphatic heterocycles. The second-order valence-corrected chi connectivity index (χ2v) is 17.8. The minimum atomic E-state index is -3.47. The number of carbonyl (C=O) groups is 2. The van der Waals surface area contributed by atoms with Gasteiger partial charge in [0.05, 0.1) is 54.0 Å². The van der Waals surface area contributed by atoms with Gasteiger partial charge in [-0.2, -0.15) is 0 Å². The number of aliphatic hydroxyl groups excluding tert-OH is 1. The molecule has 0 saturated carbocycles. The summed E-state index contributed by atoms with van der Waals surface area (Å²) in [5.74, 6) is -1.07. The number of carbonyl (C=O) groups excluding carboxylic acids is 2. The first-order chi connectivity index (χ1) is 22.4. The molecule has 3 aromatic carbocycles. The van der Waals surface area contributed by atoms with E-state index in [1.54, 1.807) is 47.2 Å². The van der Waals surface area contributed by atoms with E-state index in [1.165, 1.54) is 4.68 Å². The Balaban J connectivity index is 1.21. The number of aliphatic hydroxyl groups is 1. The monoisotopic (exact) mass is 676 g/mol. The Morgan fingerprint density at radius 1 is 1.13 bits per heavy atom. The third-order valence-corrected chi connectivity index (χ3v) is 13.0. The van der Waals surface area contributed by atoms with E-state index < -0.39 is 31.6 Å². The topological polar surface area (TPSA) is 108 Å². The number of fused-ring (bicyclic) bond motifs is 3. The highest BCUT2D eigenvalue weighted by atomic mass is 35.5. The lowest BCUT2D eigenvalue weighted by Gasteiger charge is -2.31. The number of para-hydroxylation sites is 1. The van der Waals surface area contributed by atoms with Crippen LogP contribution in [0.3, 0.4) is 0 Å². The first-order valence-corrected chi connectivity index (χ1v) is 19.5. The van der Waals surface area contributed by atoms with Crippen LogP contribution in [0.5, 0.6) is 0 Å². The third-order valence-electron chi connectivity index (χ3n) is 10.3. The van der Waals surface area contributed by atoms with Gasteiger partial charge in [0.1, 0.15) is 0 Å². The minimum absolute atomic E-state index is 0.0641. The number of benzene rings is 3. The molecule has 7 rings (SSSR count). The molecule has 0 unspecified atom stereocenters. The van der Waals surface area contributed by atoms with Crippen LogP contribution in [-0.2, 0) is 26.5 Å². The number of amides is 2. The van der Waals surface area contributed by atoms with E-state index in [2.05, 4.69) is 5.10 Å². The van der Waals surface area contributed by atoms with Gasteiger partial charge in [0, 0.05) is 28.6 Å². The zero-order valence-electron chi connectivity index (χ0n) is 26.6. The molecule has 2 amide bonds. The van der Waals surface area contributed by atoms with Crippen LogP contribution in [0, 0.1) is 5.92 Å². The largest absolute Gasteiger partial charge is 0.394 e. The van der Waals surface area contributed by atoms with Gasteiger partial charge in [-0.1, -0.05) is 42.8 Å². The Kier molecular flexibility index (Phi) is 7.94. The fourth-order valence-corrected chi connectivity index (χ4v) is 10.9. The average Bonchev–Trinajstić information content (AvgIpc) is 3.78. The number of nitrogens with zero attached hydrogens (tertiary/aromatic N) is 3. The van der Waals surface area contributed by atoms with E-state index in [1.807, 2.05) is 49.4 Å². The van der Waals surface area contributed by atoms with Crippen LogP contribution < -0.4 is 10.5 Å². The second kappa shape index (κ2) is 11.7. The molecule has 1 spiro atoms. The molecule has 9 nitrogen and oxygen atoms in total. The lowest BCUT2D eigenvalue weighted by atomic mass is 9.82. The van der Waals surface area contributed by atoms with Crippen molar-refractivity contribution >= 4 is 48.4 Å². The van der Waals surface area contributed by atoms with Crippen LogP contribution in [0.25, 0.3) is 16.6 Å². The number of hydrogen-bond acceptors (Lipinski definition) is 5. The van der Waals surface area contributed by atoms with E-state index in [-0.39, 0.29) is 43.0 Å². The van der Waals surface area contributed by atoms with Crippen molar-refractivity contribution in [2.45, 2.75) is 69.1 Å². The standard InChI is InChI=1S/C35H38ClFN4O5Si/c1-21-32(47(2,3)37)30(18-31(43)39-16-6-7-25(39)20-42)46-35(21)27-17-23(36)12-15-29(27)40(34(35)45)19-22-10-13-24(14-11-22)41-33(44)26-8-4-5-9-28(26)38-41/h4-5,8-15,17,21,25,30,32,38,42H,6-7,16,18-20H2,1-3H3/t21-,25+,30+,32-,35+/m1/s1. The van der Waals surface area contributed by atoms with Gasteiger partial charge in [-0.05, 0) is 74.0 Å². The molecule has 0 aliphatic carbocycles. The molecule has 12 heteroatoms. The van der Waals surface area contributed by atoms with E-state index in [9.17, 15) is 19.5 Å². The molecule has 0 radical (unpaired) electrons. The summed E-state index contributed by atoms with van der Waals surface area (Å²) < 4.78 is 24.4. The number of likely N-dealkylation sites (tertiary alicyclic amines) is 1. The Hall–Kier alpha value is -3.77. The highest BCUT2D eigenvalue weighted by Gasteiger charge is 2.67. The maximum absolute atomic E-state index is 16.2. The molecule has 47 heavy (non-hydrogen) atoms. The zero-order chi connectivity index (χ0) is 33.2. The molecule has 3 aliphatic rings. The molecule has 2 saturated heterocycles. The molecule has 0 bridgehead atoms. The van der Waals surface area contributed by atoms with Crippen molar-refractivity contribution in [3.8, 4) is 5.69 Å². The van der Waals surface area contributed by atoms with Crippen LogP contribution in [0.2, 0.25) is 23.7 Å². The number of H-pyrrole nitrogens is 1. The molecule has 1 aromatic heterocycles. The number of anilines is 1. The number of rotatable bonds is 7. The summed E-state index contributed by atoms with van der Waals surface area (Å²) in [4.78, 5) is 44.5. The second-order valence-electron chi connectivity index (χ2n) is 13.6. The number of aromatic amines is 1. The Bertz CT molecular complexity index is 1920. The van der Waals surface area contributed by atoms with Crippen LogP contribution in [0.15, 0.2) is 71.5 Å². The smallest absolute Gasteiger partial charge is 0.279 e. The number of aromatic nitrogens is 2. The van der Waals surface area contributed by atoms with Crippen molar-refractivity contribution in [1.82, 2.24) is 14.7 Å². The molecular formula is C35H38ClFN4O5Si. The Morgan fingerprint density at radius 3 is 2.57 bits per heavy atom. The van der Waals surface area contributed by atoms with Gasteiger partial charge >= 0.3 is 0 Å². The molecule has 5 atom stereocenters. The van der Waals surface area contributed by atoms with Gasteiger partial charge < -0.3 is 23.8 Å². The van der Waals surface area contributed by atoms with Crippen molar-refractivity contribution < 1.29 is 23.5 Å². The summed E-state index contributed by atoms with van der Waals surface area (Å²) in [5, 5.41) is 14.0. The summed E-state index contributed by atoms with van der Waals surface area (Å²) in [5.41, 5.74) is 1.14. The molecule has 4 aromatic rings. The number of halogens is 2. The fourth-order valence-electron chi connectivity index (χ4n) is 8.19. The number of nitrogens with one attached hydrogen (secondary N) is 1. The fraction of sp³-hybridized carbons (Fsp3) is 0.400. The summed E-state index contributed by atoms with van der Waals surface area (Å²) in [6, 6.07) is 19.7. The molecule has 2 fully saturated rings. The van der Waals surface area contributed by atoms with Crippen molar-refractivity contribution in [2.24, 2.45) is 5.92 Å². The maximum Gasteiger partial charge on any atom is 0.279 e. The SMILES string of the molecule is C[C@@H]1[C@@H]([Si](C)(C)F)[C@H](CC(=O)N2CCC[C@H]2CO)O[C@@]12C(=O)N(Cc1ccc(-n3[nH]c4ccccc4c3=O)cc1)c1ccc(Cl)cc12. The van der Waals surface area contributed by atoms with E-state index in [0.29, 0.717) is 33.9 Å². The first kappa shape index (κ1) is 31.8. The van der Waals surface area contributed by atoms with E-state index >= 15 is 4.11 Å². The van der Waals surface area contributed by atoms with Gasteiger partial charge in [0.25, 0.3) is 11.5 Å². The summed E-state index contributed by atoms with van der Waals surface area (Å²) in [6.07, 6.45) is 0.646. The lowest BCUT2D eigenvalue weighted by molar-refractivity contribution is -0.150. The highest BCUT2D eigenvalue weighted by Crippen LogP contribution is 2.60. The molecular weight excluding hydrogens is 639 g/mol. The van der Waals surface area contributed by atoms with Gasteiger partial charge in [0.15, 0.2) is 5.60 Å². The van der Waals surface area contributed by atoms with Gasteiger partial charge in [-0.3, -0.25) is 19.5 Å². The van der Waals surface area contributed by atoms with Gasteiger partial charge in [0.2, 0.25) is 14.3 Å². The Labute approximate surface area is 278 Å². The minimum Gasteiger partial charge on any atom is -0.394 e. The predicted octanol–water partition coefficient (Wildman–Crippen LogP) is 5.67. The highest BCUT2D eigenvalue weighted by molar-refractivity contribution is 6.72. The lowest BCUT2D eigenvalue weighted by Crippen LogP contribution is -2.45. The van der Waals surface area contributed by atoms with Crippen molar-refractivity contribution in [3.05, 3.63) is 93.2 Å². The van der Waals surface area contributed by atoms with Gasteiger partial charge in [-0.15, -0.1) is 0 Å². The van der Waals surface area contributed by atoms with E-state index in [0.717, 1.165) is 23.9 Å². The molecule has 246 valence electrons. The maximum atomic E-state index is 16.2. The summed E-state index contributed by atoms with van der Waals surface area (Å²) >= 11 is 6.51.